The van der Waals surface area contributed by atoms with Crippen LogP contribution in [0.5, 0.6) is 0 Å². The predicted molar refractivity (Wildman–Crippen MR) is 97.8 cm³/mol. The van der Waals surface area contributed by atoms with Crippen molar-refractivity contribution < 1.29 is 9.53 Å². The van der Waals surface area contributed by atoms with Crippen LogP contribution in [0.4, 0.5) is 0 Å². The van der Waals surface area contributed by atoms with Crippen molar-refractivity contribution in [3.63, 3.8) is 0 Å². The van der Waals surface area contributed by atoms with Crippen LogP contribution in [0.15, 0.2) is 30.3 Å². The lowest BCUT2D eigenvalue weighted by atomic mass is 10.0. The first-order valence-electron chi connectivity index (χ1n) is 8.80. The molecule has 0 N–H and O–H groups in total. The molecule has 1 amide bonds. The second-order valence-corrected chi connectivity index (χ2v) is 7.66. The van der Waals surface area contributed by atoms with Crippen LogP contribution in [-0.4, -0.2) is 45.4 Å². The quantitative estimate of drug-likeness (QED) is 0.861. The molecular weight excluding hydrogens is 314 g/mol. The number of nitrogens with zero attached hydrogens (tertiary/aromatic N) is 3. The van der Waals surface area contributed by atoms with Gasteiger partial charge in [-0.05, 0) is 58.4 Å². The first-order valence-corrected chi connectivity index (χ1v) is 8.80. The smallest absolute Gasteiger partial charge is 0.254 e. The number of amides is 1. The number of hydrogen-bond acceptors (Lipinski definition) is 3. The van der Waals surface area contributed by atoms with Gasteiger partial charge in [-0.3, -0.25) is 9.48 Å². The number of hydrogen-bond donors (Lipinski definition) is 0. The van der Waals surface area contributed by atoms with Crippen molar-refractivity contribution in [2.45, 2.75) is 52.9 Å². The average Bonchev–Trinajstić information content (AvgIpc) is 2.82. The van der Waals surface area contributed by atoms with Crippen molar-refractivity contribution in [3.8, 4) is 0 Å². The zero-order valence-electron chi connectivity index (χ0n) is 15.7. The van der Waals surface area contributed by atoms with E-state index < -0.39 is 0 Å². The van der Waals surface area contributed by atoms with Gasteiger partial charge in [-0.2, -0.15) is 5.10 Å². The van der Waals surface area contributed by atoms with Crippen molar-refractivity contribution in [2.75, 3.05) is 13.1 Å². The highest BCUT2D eigenvalue weighted by molar-refractivity contribution is 5.94. The van der Waals surface area contributed by atoms with Crippen molar-refractivity contribution in [3.05, 3.63) is 52.8 Å². The maximum Gasteiger partial charge on any atom is 0.254 e. The molecule has 0 spiro atoms. The average molecular weight is 341 g/mol. The first-order chi connectivity index (χ1) is 11.7. The maximum absolute atomic E-state index is 13.0. The summed E-state index contributed by atoms with van der Waals surface area (Å²) in [5.41, 5.74) is 3.63. The van der Waals surface area contributed by atoms with Crippen LogP contribution in [0.25, 0.3) is 0 Å². The Morgan fingerprint density at radius 1 is 1.32 bits per heavy atom. The van der Waals surface area contributed by atoms with Crippen LogP contribution >= 0.6 is 0 Å². The molecule has 0 unspecified atom stereocenters. The zero-order valence-corrected chi connectivity index (χ0v) is 15.7. The second-order valence-electron chi connectivity index (χ2n) is 7.66. The van der Waals surface area contributed by atoms with E-state index in [4.69, 9.17) is 4.74 Å². The Bertz CT molecular complexity index is 779. The molecule has 1 aromatic heterocycles. The molecule has 1 aromatic carbocycles. The van der Waals surface area contributed by atoms with Gasteiger partial charge < -0.3 is 9.64 Å². The van der Waals surface area contributed by atoms with E-state index >= 15 is 0 Å². The summed E-state index contributed by atoms with van der Waals surface area (Å²) < 4.78 is 7.87. The molecule has 3 rings (SSSR count). The van der Waals surface area contributed by atoms with E-state index in [1.165, 1.54) is 0 Å². The highest BCUT2D eigenvalue weighted by Crippen LogP contribution is 2.22. The Morgan fingerprint density at radius 3 is 2.72 bits per heavy atom. The van der Waals surface area contributed by atoms with Crippen molar-refractivity contribution >= 4 is 5.91 Å². The highest BCUT2D eigenvalue weighted by atomic mass is 16.5. The lowest BCUT2D eigenvalue weighted by molar-refractivity contribution is -0.118. The third kappa shape index (κ3) is 4.10. The Hall–Kier alpha value is -2.14. The van der Waals surface area contributed by atoms with Crippen LogP contribution in [0.1, 0.15) is 48.1 Å². The minimum absolute atomic E-state index is 0.0468. The zero-order chi connectivity index (χ0) is 18.2. The lowest BCUT2D eigenvalue weighted by Gasteiger charge is -2.41. The molecule has 1 fully saturated rings. The standard InChI is InChI=1S/C20H27N3O2/c1-14-9-15(2)23(21-14)12-17-7-6-8-18(10-17)19(24)22-11-16(3)25-20(4,5)13-22/h6-10,16H,11-13H2,1-5H3/t16-/m0/s1. The molecule has 5 heteroatoms. The molecule has 134 valence electrons. The number of aryl methyl sites for hydroxylation is 2. The fourth-order valence-corrected chi connectivity index (χ4v) is 3.60. The topological polar surface area (TPSA) is 47.4 Å². The summed E-state index contributed by atoms with van der Waals surface area (Å²) in [6, 6.07) is 9.92. The minimum Gasteiger partial charge on any atom is -0.369 e. The van der Waals surface area contributed by atoms with Gasteiger partial charge in [-0.1, -0.05) is 12.1 Å². The molecule has 0 saturated carbocycles. The van der Waals surface area contributed by atoms with Gasteiger partial charge in [-0.15, -0.1) is 0 Å². The molecule has 1 atom stereocenters. The minimum atomic E-state index is -0.311. The van der Waals surface area contributed by atoms with Gasteiger partial charge in [0.05, 0.1) is 23.9 Å². The van der Waals surface area contributed by atoms with Gasteiger partial charge in [0.15, 0.2) is 0 Å². The summed E-state index contributed by atoms with van der Waals surface area (Å²) in [6.07, 6.45) is 0.0468. The van der Waals surface area contributed by atoms with E-state index in [0.717, 1.165) is 22.5 Å². The van der Waals surface area contributed by atoms with Gasteiger partial charge in [0.2, 0.25) is 0 Å². The number of carbonyl (C=O) groups is 1. The summed E-state index contributed by atoms with van der Waals surface area (Å²) in [5, 5.41) is 4.50. The lowest BCUT2D eigenvalue weighted by Crippen LogP contribution is -2.53. The van der Waals surface area contributed by atoms with Crippen LogP contribution in [-0.2, 0) is 11.3 Å². The van der Waals surface area contributed by atoms with Crippen molar-refractivity contribution in [2.24, 2.45) is 0 Å². The Labute approximate surface area is 149 Å². The monoisotopic (exact) mass is 341 g/mol. The molecule has 2 heterocycles. The number of ether oxygens (including phenoxy) is 1. The largest absolute Gasteiger partial charge is 0.369 e. The number of rotatable bonds is 3. The van der Waals surface area contributed by atoms with E-state index in [0.29, 0.717) is 19.6 Å². The van der Waals surface area contributed by atoms with Gasteiger partial charge >= 0.3 is 0 Å². The van der Waals surface area contributed by atoms with E-state index in [-0.39, 0.29) is 17.6 Å². The molecule has 1 aliphatic heterocycles. The predicted octanol–water partition coefficient (Wildman–Crippen LogP) is 3.19. The SMILES string of the molecule is Cc1cc(C)n(Cc2cccc(C(=O)N3C[C@H](C)OC(C)(C)C3)c2)n1. The van der Waals surface area contributed by atoms with E-state index in [9.17, 15) is 4.79 Å². The summed E-state index contributed by atoms with van der Waals surface area (Å²) in [6.45, 7) is 12.0. The first kappa shape index (κ1) is 17.7. The number of benzene rings is 1. The third-order valence-electron chi connectivity index (χ3n) is 4.47. The summed E-state index contributed by atoms with van der Waals surface area (Å²) >= 11 is 0. The normalized spacial score (nSPS) is 19.9. The molecule has 25 heavy (non-hydrogen) atoms. The van der Waals surface area contributed by atoms with E-state index in [1.54, 1.807) is 0 Å². The molecule has 1 aliphatic rings. The van der Waals surface area contributed by atoms with Crippen LogP contribution in [0, 0.1) is 13.8 Å². The van der Waals surface area contributed by atoms with Crippen molar-refractivity contribution in [1.29, 1.82) is 0 Å². The molecule has 0 bridgehead atoms. The van der Waals surface area contributed by atoms with Gasteiger partial charge in [0, 0.05) is 24.3 Å². The third-order valence-corrected chi connectivity index (χ3v) is 4.47. The van der Waals surface area contributed by atoms with Gasteiger partial charge in [0.25, 0.3) is 5.91 Å². The summed E-state index contributed by atoms with van der Waals surface area (Å²) in [4.78, 5) is 14.9. The van der Waals surface area contributed by atoms with Crippen molar-refractivity contribution in [1.82, 2.24) is 14.7 Å². The molecule has 0 aliphatic carbocycles. The number of carbonyl (C=O) groups excluding carboxylic acids is 1. The molecule has 2 aromatic rings. The molecule has 0 radical (unpaired) electrons. The number of morpholine rings is 1. The fourth-order valence-electron chi connectivity index (χ4n) is 3.60. The Kier molecular flexibility index (Phi) is 4.69. The van der Waals surface area contributed by atoms with E-state index in [1.807, 2.05) is 68.5 Å². The Balaban J connectivity index is 1.79. The summed E-state index contributed by atoms with van der Waals surface area (Å²) in [7, 11) is 0. The van der Waals surface area contributed by atoms with Gasteiger partial charge in [0.1, 0.15) is 0 Å². The van der Waals surface area contributed by atoms with Crippen LogP contribution < -0.4 is 0 Å². The second kappa shape index (κ2) is 6.64. The molecule has 5 nitrogen and oxygen atoms in total. The maximum atomic E-state index is 13.0. The Morgan fingerprint density at radius 2 is 2.08 bits per heavy atom. The fraction of sp³-hybridized carbons (Fsp3) is 0.500. The van der Waals surface area contributed by atoms with Crippen LogP contribution in [0.3, 0.4) is 0 Å². The molecule has 1 saturated heterocycles. The van der Waals surface area contributed by atoms with Gasteiger partial charge in [-0.25, -0.2) is 0 Å². The molecular formula is C20H27N3O2. The number of aromatic nitrogens is 2. The summed E-state index contributed by atoms with van der Waals surface area (Å²) in [5.74, 6) is 0.0680. The van der Waals surface area contributed by atoms with Crippen LogP contribution in [0.2, 0.25) is 0 Å². The highest BCUT2D eigenvalue weighted by Gasteiger charge is 2.34. The van der Waals surface area contributed by atoms with E-state index in [2.05, 4.69) is 11.2 Å².